The average Bonchev–Trinajstić information content (AvgIpc) is 3.01. The zero-order chi connectivity index (χ0) is 27.5. The van der Waals surface area contributed by atoms with E-state index in [4.69, 9.17) is 9.47 Å². The van der Waals surface area contributed by atoms with E-state index in [1.54, 1.807) is 0 Å². The van der Waals surface area contributed by atoms with E-state index in [1.807, 2.05) is 12.1 Å². The molecule has 3 aromatic carbocycles. The Bertz CT molecular complexity index is 1720. The smallest absolute Gasteiger partial charge is 0.338 e. The van der Waals surface area contributed by atoms with Crippen LogP contribution in [0.15, 0.2) is 36.4 Å². The molecule has 0 atom stereocenters. The van der Waals surface area contributed by atoms with Crippen LogP contribution < -0.4 is 48.8 Å². The van der Waals surface area contributed by atoms with Gasteiger partial charge in [0.1, 0.15) is 24.6 Å². The van der Waals surface area contributed by atoms with Gasteiger partial charge in [-0.05, 0) is 74.3 Å². The molecule has 0 aliphatic carbocycles. The van der Waals surface area contributed by atoms with Crippen molar-refractivity contribution in [1.29, 1.82) is 0 Å². The number of aryl methyl sites for hydroxylation is 2. The SMILES string of the molecule is CCCCOC(=O)c1ccccc1C1=c2cc3c4c(c2Oc2c1cc1c5c2CCCN5CCC1)CCC[N+]=4CCC3.[I-]. The number of esters is 1. The summed E-state index contributed by atoms with van der Waals surface area (Å²) in [5.74, 6) is 1.82. The second-order valence-electron chi connectivity index (χ2n) is 12.4. The number of benzene rings is 3. The molecule has 0 fully saturated rings. The quantitative estimate of drug-likeness (QED) is 0.141. The molecule has 0 aromatic heterocycles. The summed E-state index contributed by atoms with van der Waals surface area (Å²) >= 11 is 0. The molecule has 218 valence electrons. The fraction of sp³-hybridized carbons (Fsp3) is 0.444. The Morgan fingerprint density at radius 2 is 1.67 bits per heavy atom. The van der Waals surface area contributed by atoms with Crippen molar-refractivity contribution in [2.75, 3.05) is 37.7 Å². The Morgan fingerprint density at radius 3 is 2.52 bits per heavy atom. The molecular weight excluding hydrogens is 635 g/mol. The van der Waals surface area contributed by atoms with E-state index < -0.39 is 0 Å². The Labute approximate surface area is 265 Å². The molecule has 42 heavy (non-hydrogen) atoms. The van der Waals surface area contributed by atoms with E-state index in [2.05, 4.69) is 40.7 Å². The zero-order valence-electron chi connectivity index (χ0n) is 24.6. The predicted molar refractivity (Wildman–Crippen MR) is 162 cm³/mol. The lowest BCUT2D eigenvalue weighted by molar-refractivity contribution is -0.0000269. The maximum atomic E-state index is 13.5. The van der Waals surface area contributed by atoms with E-state index >= 15 is 0 Å². The van der Waals surface area contributed by atoms with Crippen LogP contribution in [0.2, 0.25) is 0 Å². The molecular formula is C36H39IN2O3. The van der Waals surface area contributed by atoms with E-state index in [-0.39, 0.29) is 29.9 Å². The van der Waals surface area contributed by atoms with Gasteiger partial charge in [-0.3, -0.25) is 0 Å². The van der Waals surface area contributed by atoms with Crippen molar-refractivity contribution in [2.45, 2.75) is 71.1 Å². The predicted octanol–water partition coefficient (Wildman–Crippen LogP) is 2.08. The van der Waals surface area contributed by atoms with Crippen LogP contribution in [-0.2, 0) is 30.4 Å². The molecule has 5 heterocycles. The molecule has 0 unspecified atom stereocenters. The van der Waals surface area contributed by atoms with Gasteiger partial charge in [-0.15, -0.1) is 0 Å². The van der Waals surface area contributed by atoms with Crippen LogP contribution in [0.4, 0.5) is 5.69 Å². The summed E-state index contributed by atoms with van der Waals surface area (Å²) in [6.45, 7) is 7.10. The van der Waals surface area contributed by atoms with Gasteiger partial charge in [-0.25, -0.2) is 9.37 Å². The number of anilines is 1. The van der Waals surface area contributed by atoms with Gasteiger partial charge in [0, 0.05) is 59.1 Å². The van der Waals surface area contributed by atoms with Gasteiger partial charge in [-0.1, -0.05) is 31.5 Å². The van der Waals surface area contributed by atoms with E-state index in [1.165, 1.54) is 46.1 Å². The monoisotopic (exact) mass is 674 g/mol. The molecule has 0 radical (unpaired) electrons. The molecule has 0 amide bonds. The van der Waals surface area contributed by atoms with E-state index in [0.29, 0.717) is 12.2 Å². The molecule has 0 saturated heterocycles. The van der Waals surface area contributed by atoms with Crippen LogP contribution >= 0.6 is 0 Å². The molecule has 0 N–H and O–H groups in total. The summed E-state index contributed by atoms with van der Waals surface area (Å²) in [5, 5.41) is 2.57. The Hall–Kier alpha value is -2.87. The molecule has 8 rings (SSSR count). The Kier molecular flexibility index (Phi) is 7.53. The summed E-state index contributed by atoms with van der Waals surface area (Å²) in [6.07, 6.45) is 10.8. The minimum Gasteiger partial charge on any atom is -1.00 e. The van der Waals surface area contributed by atoms with Crippen LogP contribution in [0.1, 0.15) is 89.2 Å². The first-order valence-electron chi connectivity index (χ1n) is 15.9. The van der Waals surface area contributed by atoms with Crippen molar-refractivity contribution in [1.82, 2.24) is 4.58 Å². The number of nitrogens with zero attached hydrogens (tertiary/aromatic N) is 2. The minimum absolute atomic E-state index is 0. The van der Waals surface area contributed by atoms with Crippen LogP contribution in [0.25, 0.3) is 5.57 Å². The largest absolute Gasteiger partial charge is 1.00 e. The zero-order valence-corrected chi connectivity index (χ0v) is 26.7. The lowest BCUT2D eigenvalue weighted by Crippen LogP contribution is -3.00. The number of unbranched alkanes of at least 4 members (excludes halogenated alkanes) is 1. The van der Waals surface area contributed by atoms with Crippen LogP contribution in [0, 0.1) is 0 Å². The highest BCUT2D eigenvalue weighted by atomic mass is 127. The standard InChI is InChI=1S/C36H39N2O3.HI/c1-2-3-20-40-36(39)26-13-5-4-12-25(26)31-29-21-23-10-6-16-37-18-8-14-27(32(23)37)34(29)41-35-28-15-9-19-38-17-7-11-24(33(28)38)22-30(31)35;/h4-5,12-13,21-22H,2-3,6-11,14-20H2,1H3;1H/q+1;/p-1. The molecule has 3 aromatic rings. The highest BCUT2D eigenvalue weighted by molar-refractivity contribution is 6.00. The molecule has 0 bridgehead atoms. The van der Waals surface area contributed by atoms with Crippen LogP contribution in [-0.4, -0.2) is 38.8 Å². The van der Waals surface area contributed by atoms with Gasteiger partial charge >= 0.3 is 5.97 Å². The van der Waals surface area contributed by atoms with Gasteiger partial charge in [0.25, 0.3) is 0 Å². The second-order valence-corrected chi connectivity index (χ2v) is 12.4. The molecule has 0 spiro atoms. The number of halogens is 1. The summed E-state index contributed by atoms with van der Waals surface area (Å²) in [5.41, 5.74) is 10.9. The Morgan fingerprint density at radius 1 is 0.905 bits per heavy atom. The maximum absolute atomic E-state index is 13.5. The minimum atomic E-state index is -0.230. The van der Waals surface area contributed by atoms with Crippen molar-refractivity contribution in [2.24, 2.45) is 0 Å². The first kappa shape index (κ1) is 27.9. The first-order valence-corrected chi connectivity index (χ1v) is 15.9. The van der Waals surface area contributed by atoms with Crippen LogP contribution in [0.5, 0.6) is 11.5 Å². The number of fused-ring (bicyclic) bond motifs is 4. The average molecular weight is 675 g/mol. The summed E-state index contributed by atoms with van der Waals surface area (Å²) in [4.78, 5) is 16.1. The molecule has 5 aliphatic rings. The van der Waals surface area contributed by atoms with Crippen molar-refractivity contribution in [3.8, 4) is 11.5 Å². The number of hydrogen-bond acceptors (Lipinski definition) is 4. The number of hydrogen-bond donors (Lipinski definition) is 0. The Balaban J connectivity index is 0.00000288. The summed E-state index contributed by atoms with van der Waals surface area (Å²) < 4.78 is 15.5. The molecule has 0 saturated carbocycles. The third-order valence-electron chi connectivity index (χ3n) is 9.84. The number of carbonyl (C=O) groups is 1. The van der Waals surface area contributed by atoms with Crippen molar-refractivity contribution >= 4 is 17.2 Å². The second kappa shape index (κ2) is 11.3. The first-order chi connectivity index (χ1) is 20.2. The normalized spacial score (nSPS) is 17.7. The highest BCUT2D eigenvalue weighted by Crippen LogP contribution is 2.48. The van der Waals surface area contributed by atoms with Gasteiger partial charge < -0.3 is 38.4 Å². The fourth-order valence-corrected chi connectivity index (χ4v) is 8.07. The van der Waals surface area contributed by atoms with Crippen molar-refractivity contribution in [3.05, 3.63) is 85.9 Å². The molecule has 6 heteroatoms. The van der Waals surface area contributed by atoms with Crippen molar-refractivity contribution < 1.29 is 38.2 Å². The van der Waals surface area contributed by atoms with Gasteiger partial charge in [-0.2, -0.15) is 0 Å². The van der Waals surface area contributed by atoms with E-state index in [9.17, 15) is 4.79 Å². The van der Waals surface area contributed by atoms with E-state index in [0.717, 1.165) is 111 Å². The number of ether oxygens (including phenoxy) is 2. The van der Waals surface area contributed by atoms with Crippen molar-refractivity contribution in [3.63, 3.8) is 0 Å². The molecule has 5 nitrogen and oxygen atoms in total. The lowest BCUT2D eigenvalue weighted by atomic mass is 9.82. The molecule has 5 aliphatic heterocycles. The lowest BCUT2D eigenvalue weighted by Gasteiger charge is -2.39. The third-order valence-corrected chi connectivity index (χ3v) is 9.84. The van der Waals surface area contributed by atoms with Gasteiger partial charge in [0.15, 0.2) is 0 Å². The number of rotatable bonds is 5. The topological polar surface area (TPSA) is 41.8 Å². The number of carbonyl (C=O) groups excluding carboxylic acids is 1. The van der Waals surface area contributed by atoms with Gasteiger partial charge in [0.2, 0.25) is 5.36 Å². The highest BCUT2D eigenvalue weighted by Gasteiger charge is 2.36. The maximum Gasteiger partial charge on any atom is 0.338 e. The fourth-order valence-electron chi connectivity index (χ4n) is 8.07. The summed E-state index contributed by atoms with van der Waals surface area (Å²) in [6, 6.07) is 12.9. The van der Waals surface area contributed by atoms with Gasteiger partial charge in [0.05, 0.1) is 17.7 Å². The van der Waals surface area contributed by atoms with Crippen LogP contribution in [0.3, 0.4) is 0 Å². The summed E-state index contributed by atoms with van der Waals surface area (Å²) in [7, 11) is 0. The third kappa shape index (κ3) is 4.39.